The van der Waals surface area contributed by atoms with Crippen LogP contribution in [0.25, 0.3) is 16.8 Å². The van der Waals surface area contributed by atoms with E-state index in [1.54, 1.807) is 12.2 Å². The largest absolute Gasteiger partial charge is 0.454 e. The molecule has 0 unspecified atom stereocenters. The Kier molecular flexibility index (Phi) is 3.31. The average molecular weight is 302 g/mol. The third-order valence-electron chi connectivity index (χ3n) is 3.86. The van der Waals surface area contributed by atoms with Gasteiger partial charge in [-0.1, -0.05) is 48.5 Å². The van der Waals surface area contributed by atoms with Crippen molar-refractivity contribution < 1.29 is 14.3 Å². The summed E-state index contributed by atoms with van der Waals surface area (Å²) >= 11 is 0. The van der Waals surface area contributed by atoms with Crippen LogP contribution in [-0.4, -0.2) is 12.6 Å². The van der Waals surface area contributed by atoms with Crippen molar-refractivity contribution in [1.82, 2.24) is 0 Å². The minimum atomic E-state index is -0.0200. The van der Waals surface area contributed by atoms with E-state index >= 15 is 0 Å². The van der Waals surface area contributed by atoms with Gasteiger partial charge >= 0.3 is 0 Å². The summed E-state index contributed by atoms with van der Waals surface area (Å²) in [5.74, 6) is 1.43. The lowest BCUT2D eigenvalue weighted by molar-refractivity contribution is 0.104. The lowest BCUT2D eigenvalue weighted by Gasteiger charge is -2.01. The maximum Gasteiger partial charge on any atom is 0.231 e. The van der Waals surface area contributed by atoms with Crippen molar-refractivity contribution in [2.24, 2.45) is 0 Å². The van der Waals surface area contributed by atoms with Crippen LogP contribution in [0.2, 0.25) is 0 Å². The minimum absolute atomic E-state index is 0.0200. The number of allylic oxidation sites excluding steroid dienone is 1. The first-order valence-corrected chi connectivity index (χ1v) is 7.40. The molecule has 0 fully saturated rings. The quantitative estimate of drug-likeness (QED) is 0.529. The van der Waals surface area contributed by atoms with Gasteiger partial charge in [0.15, 0.2) is 17.3 Å². The van der Waals surface area contributed by atoms with E-state index in [4.69, 9.17) is 9.47 Å². The van der Waals surface area contributed by atoms with Crippen molar-refractivity contribution in [3.8, 4) is 11.5 Å². The maximum atomic E-state index is 12.4. The second-order valence-electron chi connectivity index (χ2n) is 5.37. The molecule has 0 radical (unpaired) electrons. The zero-order valence-corrected chi connectivity index (χ0v) is 12.4. The monoisotopic (exact) mass is 302 g/mol. The van der Waals surface area contributed by atoms with E-state index in [1.165, 1.54) is 0 Å². The van der Waals surface area contributed by atoms with E-state index in [1.807, 2.05) is 60.7 Å². The molecule has 1 aliphatic rings. The van der Waals surface area contributed by atoms with Gasteiger partial charge in [-0.3, -0.25) is 4.79 Å². The highest BCUT2D eigenvalue weighted by Crippen LogP contribution is 2.32. The van der Waals surface area contributed by atoms with Crippen LogP contribution in [0.3, 0.4) is 0 Å². The first kappa shape index (κ1) is 13.6. The summed E-state index contributed by atoms with van der Waals surface area (Å²) in [6.07, 6.45) is 3.38. The summed E-state index contributed by atoms with van der Waals surface area (Å²) in [5.41, 5.74) is 1.59. The number of ketones is 1. The lowest BCUT2D eigenvalue weighted by Crippen LogP contribution is -1.93. The van der Waals surface area contributed by atoms with Crippen molar-refractivity contribution in [2.45, 2.75) is 0 Å². The standard InChI is InChI=1S/C20H14O3/c21-18(17-8-7-15-3-1-2-4-16(15)12-17)9-5-14-6-10-19-20(11-14)23-13-22-19/h1-12H,13H2/b9-5+. The number of hydrogen-bond acceptors (Lipinski definition) is 3. The molecule has 0 saturated heterocycles. The van der Waals surface area contributed by atoms with Crippen LogP contribution >= 0.6 is 0 Å². The fourth-order valence-electron chi connectivity index (χ4n) is 2.63. The second kappa shape index (κ2) is 5.61. The molecule has 0 aromatic heterocycles. The molecule has 0 saturated carbocycles. The molecule has 0 atom stereocenters. The van der Waals surface area contributed by atoms with E-state index in [0.29, 0.717) is 11.3 Å². The Hall–Kier alpha value is -3.07. The molecule has 3 nitrogen and oxygen atoms in total. The van der Waals surface area contributed by atoms with Crippen LogP contribution in [0.5, 0.6) is 11.5 Å². The Bertz CT molecular complexity index is 925. The Morgan fingerprint density at radius 2 is 1.70 bits per heavy atom. The summed E-state index contributed by atoms with van der Waals surface area (Å²) in [5, 5.41) is 2.19. The van der Waals surface area contributed by atoms with Gasteiger partial charge in [-0.2, -0.15) is 0 Å². The highest BCUT2D eigenvalue weighted by Gasteiger charge is 2.12. The highest BCUT2D eigenvalue weighted by atomic mass is 16.7. The summed E-state index contributed by atoms with van der Waals surface area (Å²) in [6.45, 7) is 0.249. The molecule has 4 rings (SSSR count). The van der Waals surface area contributed by atoms with Crippen molar-refractivity contribution in [2.75, 3.05) is 6.79 Å². The molecule has 0 bridgehead atoms. The summed E-state index contributed by atoms with van der Waals surface area (Å²) in [4.78, 5) is 12.4. The first-order chi connectivity index (χ1) is 11.3. The minimum Gasteiger partial charge on any atom is -0.454 e. The third kappa shape index (κ3) is 2.69. The molecule has 3 heteroatoms. The second-order valence-corrected chi connectivity index (χ2v) is 5.37. The van der Waals surface area contributed by atoms with Gasteiger partial charge in [0.2, 0.25) is 6.79 Å². The van der Waals surface area contributed by atoms with Crippen molar-refractivity contribution in [3.63, 3.8) is 0 Å². The van der Waals surface area contributed by atoms with Crippen LogP contribution < -0.4 is 9.47 Å². The Balaban J connectivity index is 1.58. The molecule has 0 N–H and O–H groups in total. The molecule has 0 aliphatic carbocycles. The van der Waals surface area contributed by atoms with Gasteiger partial charge in [-0.05, 0) is 40.6 Å². The predicted molar refractivity (Wildman–Crippen MR) is 89.9 cm³/mol. The van der Waals surface area contributed by atoms with Gasteiger partial charge in [-0.25, -0.2) is 0 Å². The van der Waals surface area contributed by atoms with Crippen molar-refractivity contribution >= 4 is 22.6 Å². The van der Waals surface area contributed by atoms with Gasteiger partial charge in [0.1, 0.15) is 0 Å². The zero-order valence-electron chi connectivity index (χ0n) is 12.4. The lowest BCUT2D eigenvalue weighted by atomic mass is 10.0. The van der Waals surface area contributed by atoms with Gasteiger partial charge in [-0.15, -0.1) is 0 Å². The van der Waals surface area contributed by atoms with Crippen molar-refractivity contribution in [1.29, 1.82) is 0 Å². The normalized spacial score (nSPS) is 12.9. The topological polar surface area (TPSA) is 35.5 Å². The number of fused-ring (bicyclic) bond motifs is 2. The Labute approximate surface area is 133 Å². The fraction of sp³-hybridized carbons (Fsp3) is 0.0500. The summed E-state index contributed by atoms with van der Waals surface area (Å²) in [7, 11) is 0. The Morgan fingerprint density at radius 1 is 0.870 bits per heavy atom. The molecule has 3 aromatic carbocycles. The van der Waals surface area contributed by atoms with Crippen LogP contribution in [0, 0.1) is 0 Å². The average Bonchev–Trinajstić information content (AvgIpc) is 3.07. The number of carbonyl (C=O) groups excluding carboxylic acids is 1. The molecule has 0 amide bonds. The molecular weight excluding hydrogens is 288 g/mol. The maximum absolute atomic E-state index is 12.4. The third-order valence-corrected chi connectivity index (χ3v) is 3.86. The van der Waals surface area contributed by atoms with Gasteiger partial charge in [0, 0.05) is 5.56 Å². The summed E-state index contributed by atoms with van der Waals surface area (Å²) in [6, 6.07) is 19.4. The number of benzene rings is 3. The van der Waals surface area contributed by atoms with Gasteiger partial charge < -0.3 is 9.47 Å². The van der Waals surface area contributed by atoms with Crippen molar-refractivity contribution in [3.05, 3.63) is 77.9 Å². The zero-order chi connectivity index (χ0) is 15.6. The Morgan fingerprint density at radius 3 is 2.61 bits per heavy atom. The van der Waals surface area contributed by atoms with E-state index in [0.717, 1.165) is 22.1 Å². The smallest absolute Gasteiger partial charge is 0.231 e. The van der Waals surface area contributed by atoms with Crippen LogP contribution in [0.15, 0.2) is 66.7 Å². The molecule has 1 aliphatic heterocycles. The molecule has 23 heavy (non-hydrogen) atoms. The number of carbonyl (C=O) groups is 1. The highest BCUT2D eigenvalue weighted by molar-refractivity contribution is 6.08. The summed E-state index contributed by atoms with van der Waals surface area (Å²) < 4.78 is 10.6. The molecule has 112 valence electrons. The number of rotatable bonds is 3. The molecular formula is C20H14O3. The van der Waals surface area contributed by atoms with Crippen LogP contribution in [-0.2, 0) is 0 Å². The van der Waals surface area contributed by atoms with E-state index < -0.39 is 0 Å². The predicted octanol–water partition coefficient (Wildman–Crippen LogP) is 4.46. The molecule has 0 spiro atoms. The molecule has 3 aromatic rings. The van der Waals surface area contributed by atoms with Crippen LogP contribution in [0.4, 0.5) is 0 Å². The number of ether oxygens (including phenoxy) is 2. The van der Waals surface area contributed by atoms with E-state index in [2.05, 4.69) is 0 Å². The fourth-order valence-corrected chi connectivity index (χ4v) is 2.63. The van der Waals surface area contributed by atoms with Crippen LogP contribution in [0.1, 0.15) is 15.9 Å². The van der Waals surface area contributed by atoms with E-state index in [9.17, 15) is 4.79 Å². The van der Waals surface area contributed by atoms with Gasteiger partial charge in [0.25, 0.3) is 0 Å². The number of hydrogen-bond donors (Lipinski definition) is 0. The van der Waals surface area contributed by atoms with E-state index in [-0.39, 0.29) is 12.6 Å². The van der Waals surface area contributed by atoms with Gasteiger partial charge in [0.05, 0.1) is 0 Å². The SMILES string of the molecule is O=C(/C=C/c1ccc2c(c1)OCO2)c1ccc2ccccc2c1. The first-order valence-electron chi connectivity index (χ1n) is 7.40. The molecule has 1 heterocycles.